The summed E-state index contributed by atoms with van der Waals surface area (Å²) in [4.78, 5) is 16.0. The SMILES string of the molecule is CN(C)C(=O)C1CCCN(CCOc2ccc(N)cc2)C1. The monoisotopic (exact) mass is 291 g/mol. The molecule has 0 aliphatic carbocycles. The molecule has 5 heteroatoms. The maximum absolute atomic E-state index is 12.0. The molecule has 0 bridgehead atoms. The maximum Gasteiger partial charge on any atom is 0.226 e. The number of likely N-dealkylation sites (tertiary alicyclic amines) is 1. The van der Waals surface area contributed by atoms with Crippen LogP contribution >= 0.6 is 0 Å². The van der Waals surface area contributed by atoms with Crippen LogP contribution in [-0.4, -0.2) is 56.0 Å². The van der Waals surface area contributed by atoms with Gasteiger partial charge in [0, 0.05) is 32.9 Å². The molecule has 0 radical (unpaired) electrons. The standard InChI is InChI=1S/C16H25N3O2/c1-18(2)16(20)13-4-3-9-19(12-13)10-11-21-15-7-5-14(17)6-8-15/h5-8,13H,3-4,9-12,17H2,1-2H3. The topological polar surface area (TPSA) is 58.8 Å². The van der Waals surface area contributed by atoms with Crippen molar-refractivity contribution >= 4 is 11.6 Å². The number of rotatable bonds is 5. The van der Waals surface area contributed by atoms with Crippen LogP contribution in [0.1, 0.15) is 12.8 Å². The molecular formula is C16H25N3O2. The number of carbonyl (C=O) groups excluding carboxylic acids is 1. The Morgan fingerprint density at radius 1 is 1.38 bits per heavy atom. The van der Waals surface area contributed by atoms with E-state index in [4.69, 9.17) is 10.5 Å². The predicted molar refractivity (Wildman–Crippen MR) is 84.2 cm³/mol. The van der Waals surface area contributed by atoms with E-state index in [1.54, 1.807) is 4.90 Å². The number of piperidine rings is 1. The van der Waals surface area contributed by atoms with Crippen molar-refractivity contribution in [3.05, 3.63) is 24.3 Å². The second-order valence-electron chi connectivity index (χ2n) is 5.79. The second kappa shape index (κ2) is 7.31. The molecule has 21 heavy (non-hydrogen) atoms. The lowest BCUT2D eigenvalue weighted by molar-refractivity contribution is -0.134. The zero-order valence-electron chi connectivity index (χ0n) is 12.9. The Balaban J connectivity index is 1.75. The Hall–Kier alpha value is -1.75. The lowest BCUT2D eigenvalue weighted by atomic mass is 9.97. The van der Waals surface area contributed by atoms with Gasteiger partial charge in [0.15, 0.2) is 0 Å². The predicted octanol–water partition coefficient (Wildman–Crippen LogP) is 1.45. The molecule has 0 aromatic heterocycles. The molecule has 2 N–H and O–H groups in total. The summed E-state index contributed by atoms with van der Waals surface area (Å²) < 4.78 is 5.71. The first-order chi connectivity index (χ1) is 10.1. The van der Waals surface area contributed by atoms with Gasteiger partial charge in [-0.15, -0.1) is 0 Å². The molecule has 5 nitrogen and oxygen atoms in total. The van der Waals surface area contributed by atoms with Gasteiger partial charge < -0.3 is 15.4 Å². The number of hydrogen-bond acceptors (Lipinski definition) is 4. The highest BCUT2D eigenvalue weighted by atomic mass is 16.5. The summed E-state index contributed by atoms with van der Waals surface area (Å²) >= 11 is 0. The number of anilines is 1. The third-order valence-corrected chi connectivity index (χ3v) is 3.85. The summed E-state index contributed by atoms with van der Waals surface area (Å²) in [5, 5.41) is 0. The lowest BCUT2D eigenvalue weighted by Gasteiger charge is -2.33. The molecule has 0 spiro atoms. The Kier molecular flexibility index (Phi) is 5.44. The summed E-state index contributed by atoms with van der Waals surface area (Å²) in [7, 11) is 3.65. The Labute approximate surface area is 126 Å². The quantitative estimate of drug-likeness (QED) is 0.834. The van der Waals surface area contributed by atoms with Gasteiger partial charge in [-0.1, -0.05) is 0 Å². The molecule has 1 atom stereocenters. The maximum atomic E-state index is 12.0. The molecule has 1 unspecified atom stereocenters. The molecule has 1 amide bonds. The minimum absolute atomic E-state index is 0.130. The normalized spacial score (nSPS) is 19.2. The molecular weight excluding hydrogens is 266 g/mol. The molecule has 0 saturated carbocycles. The Morgan fingerprint density at radius 3 is 2.76 bits per heavy atom. The third-order valence-electron chi connectivity index (χ3n) is 3.85. The zero-order chi connectivity index (χ0) is 15.2. The number of nitrogen functional groups attached to an aromatic ring is 1. The summed E-state index contributed by atoms with van der Waals surface area (Å²) in [6, 6.07) is 7.43. The van der Waals surface area contributed by atoms with Crippen LogP contribution in [0, 0.1) is 5.92 Å². The summed E-state index contributed by atoms with van der Waals surface area (Å²) in [5.41, 5.74) is 6.38. The number of hydrogen-bond donors (Lipinski definition) is 1. The van der Waals surface area contributed by atoms with E-state index < -0.39 is 0 Å². The van der Waals surface area contributed by atoms with Gasteiger partial charge in [0.1, 0.15) is 12.4 Å². The van der Waals surface area contributed by atoms with Crippen molar-refractivity contribution < 1.29 is 9.53 Å². The van der Waals surface area contributed by atoms with Crippen LogP contribution in [0.5, 0.6) is 5.75 Å². The van der Waals surface area contributed by atoms with Crippen LogP contribution in [0.3, 0.4) is 0 Å². The Bertz CT molecular complexity index is 459. The number of nitrogens with zero attached hydrogens (tertiary/aromatic N) is 2. The number of carbonyl (C=O) groups is 1. The van der Waals surface area contributed by atoms with Crippen molar-refractivity contribution in [3.63, 3.8) is 0 Å². The van der Waals surface area contributed by atoms with Gasteiger partial charge in [-0.05, 0) is 43.7 Å². The van der Waals surface area contributed by atoms with Gasteiger partial charge in [-0.2, -0.15) is 0 Å². The fourth-order valence-electron chi connectivity index (χ4n) is 2.68. The van der Waals surface area contributed by atoms with Crippen molar-refractivity contribution in [2.24, 2.45) is 5.92 Å². The van der Waals surface area contributed by atoms with Crippen LogP contribution in [0.15, 0.2) is 24.3 Å². The van der Waals surface area contributed by atoms with E-state index in [0.717, 1.165) is 43.9 Å². The van der Waals surface area contributed by atoms with E-state index in [0.29, 0.717) is 6.61 Å². The van der Waals surface area contributed by atoms with Crippen molar-refractivity contribution in [2.45, 2.75) is 12.8 Å². The molecule has 1 saturated heterocycles. The largest absolute Gasteiger partial charge is 0.492 e. The van der Waals surface area contributed by atoms with Gasteiger partial charge >= 0.3 is 0 Å². The fourth-order valence-corrected chi connectivity index (χ4v) is 2.68. The van der Waals surface area contributed by atoms with Gasteiger partial charge in [0.25, 0.3) is 0 Å². The molecule has 1 aromatic rings. The minimum Gasteiger partial charge on any atom is -0.492 e. The lowest BCUT2D eigenvalue weighted by Crippen LogP contribution is -2.43. The number of nitrogens with two attached hydrogens (primary N) is 1. The molecule has 1 heterocycles. The first-order valence-electron chi connectivity index (χ1n) is 7.48. The average Bonchev–Trinajstić information content (AvgIpc) is 2.49. The summed E-state index contributed by atoms with van der Waals surface area (Å²) in [5.74, 6) is 1.20. The van der Waals surface area contributed by atoms with E-state index in [1.807, 2.05) is 38.4 Å². The second-order valence-corrected chi connectivity index (χ2v) is 5.79. The zero-order valence-corrected chi connectivity index (χ0v) is 12.9. The van der Waals surface area contributed by atoms with Crippen molar-refractivity contribution in [3.8, 4) is 5.75 Å². The molecule has 1 aromatic carbocycles. The molecule has 116 valence electrons. The summed E-state index contributed by atoms with van der Waals surface area (Å²) in [6.07, 6.45) is 2.07. The van der Waals surface area contributed by atoms with Crippen molar-refractivity contribution in [1.82, 2.24) is 9.80 Å². The van der Waals surface area contributed by atoms with Crippen LogP contribution in [-0.2, 0) is 4.79 Å². The van der Waals surface area contributed by atoms with Crippen LogP contribution in [0.25, 0.3) is 0 Å². The van der Waals surface area contributed by atoms with E-state index >= 15 is 0 Å². The highest BCUT2D eigenvalue weighted by Gasteiger charge is 2.26. The van der Waals surface area contributed by atoms with Crippen LogP contribution in [0.4, 0.5) is 5.69 Å². The first kappa shape index (κ1) is 15.6. The molecule has 2 rings (SSSR count). The van der Waals surface area contributed by atoms with Gasteiger partial charge in [-0.3, -0.25) is 9.69 Å². The highest BCUT2D eigenvalue weighted by Crippen LogP contribution is 2.18. The van der Waals surface area contributed by atoms with E-state index in [9.17, 15) is 4.79 Å². The van der Waals surface area contributed by atoms with E-state index in [2.05, 4.69) is 4.90 Å². The van der Waals surface area contributed by atoms with E-state index in [1.165, 1.54) is 0 Å². The van der Waals surface area contributed by atoms with Crippen LogP contribution < -0.4 is 10.5 Å². The van der Waals surface area contributed by atoms with Gasteiger partial charge in [-0.25, -0.2) is 0 Å². The first-order valence-corrected chi connectivity index (χ1v) is 7.48. The molecule has 1 aliphatic rings. The summed E-state index contributed by atoms with van der Waals surface area (Å²) in [6.45, 7) is 3.36. The van der Waals surface area contributed by atoms with Crippen molar-refractivity contribution in [1.29, 1.82) is 0 Å². The number of benzene rings is 1. The third kappa shape index (κ3) is 4.63. The smallest absolute Gasteiger partial charge is 0.226 e. The van der Waals surface area contributed by atoms with Gasteiger partial charge in [0.05, 0.1) is 5.92 Å². The molecule has 1 aliphatic heterocycles. The number of amides is 1. The fraction of sp³-hybridized carbons (Fsp3) is 0.562. The molecule has 1 fully saturated rings. The Morgan fingerprint density at radius 2 is 2.10 bits per heavy atom. The van der Waals surface area contributed by atoms with Crippen molar-refractivity contribution in [2.75, 3.05) is 46.1 Å². The highest BCUT2D eigenvalue weighted by molar-refractivity contribution is 5.78. The van der Waals surface area contributed by atoms with Crippen LogP contribution in [0.2, 0.25) is 0 Å². The van der Waals surface area contributed by atoms with Gasteiger partial charge in [0.2, 0.25) is 5.91 Å². The number of ether oxygens (including phenoxy) is 1. The van der Waals surface area contributed by atoms with E-state index in [-0.39, 0.29) is 11.8 Å². The minimum atomic E-state index is 0.130. The average molecular weight is 291 g/mol.